The van der Waals surface area contributed by atoms with Gasteiger partial charge in [-0.1, -0.05) is 54.6 Å². The molecule has 2 amide bonds. The lowest BCUT2D eigenvalue weighted by molar-refractivity contribution is -0.152. The first-order valence-electron chi connectivity index (χ1n) is 9.70. The maximum atomic E-state index is 12.3. The highest BCUT2D eigenvalue weighted by atomic mass is 16.5. The minimum atomic E-state index is -1.09. The predicted molar refractivity (Wildman–Crippen MR) is 116 cm³/mol. The van der Waals surface area contributed by atoms with Crippen LogP contribution >= 0.6 is 0 Å². The highest BCUT2D eigenvalue weighted by Crippen LogP contribution is 2.19. The summed E-state index contributed by atoms with van der Waals surface area (Å²) < 4.78 is 5.08. The molecule has 0 saturated carbocycles. The number of esters is 1. The molecule has 2 N–H and O–H groups in total. The number of hydrogen-bond acceptors (Lipinski definition) is 5. The van der Waals surface area contributed by atoms with Crippen LogP contribution in [0.25, 0.3) is 10.8 Å². The van der Waals surface area contributed by atoms with E-state index in [0.717, 1.165) is 16.3 Å². The summed E-state index contributed by atoms with van der Waals surface area (Å²) in [6.07, 6.45) is -0.968. The fraction of sp³-hybridized carbons (Fsp3) is 0.167. The van der Waals surface area contributed by atoms with Crippen LogP contribution in [0.1, 0.15) is 18.1 Å². The summed E-state index contributed by atoms with van der Waals surface area (Å²) in [6.45, 7) is 1.07. The lowest BCUT2D eigenvalue weighted by Gasteiger charge is -2.14. The molecule has 0 unspecified atom stereocenters. The fourth-order valence-electron chi connectivity index (χ4n) is 3.07. The molecule has 0 aliphatic rings. The lowest BCUT2D eigenvalue weighted by Crippen LogP contribution is -2.36. The standard InChI is InChI=1S/C24H21N3O4/c1-16(24(30)27-21-12-5-3-8-19(21)14-25)31-23(29)15-26-22(28)13-18-10-6-9-17-7-2-4-11-20(17)18/h2-12,16H,13,15H2,1H3,(H,26,28)(H,27,30)/t16-/m0/s1. The second-order valence-electron chi connectivity index (χ2n) is 6.87. The summed E-state index contributed by atoms with van der Waals surface area (Å²) >= 11 is 0. The van der Waals surface area contributed by atoms with Crippen LogP contribution in [-0.2, 0) is 25.5 Å². The molecule has 7 heteroatoms. The number of nitrogens with one attached hydrogen (secondary N) is 2. The van der Waals surface area contributed by atoms with Gasteiger partial charge in [-0.25, -0.2) is 0 Å². The molecule has 3 aromatic rings. The van der Waals surface area contributed by atoms with Gasteiger partial charge < -0.3 is 15.4 Å². The van der Waals surface area contributed by atoms with Gasteiger partial charge in [-0.2, -0.15) is 5.26 Å². The van der Waals surface area contributed by atoms with Crippen LogP contribution in [0.5, 0.6) is 0 Å². The molecular weight excluding hydrogens is 394 g/mol. The van der Waals surface area contributed by atoms with Gasteiger partial charge in [0.05, 0.1) is 17.7 Å². The Morgan fingerprint density at radius 1 is 1.00 bits per heavy atom. The van der Waals surface area contributed by atoms with Gasteiger partial charge in [0.25, 0.3) is 5.91 Å². The van der Waals surface area contributed by atoms with Gasteiger partial charge in [0.2, 0.25) is 5.91 Å². The van der Waals surface area contributed by atoms with Gasteiger partial charge in [0, 0.05) is 0 Å². The number of nitrogens with zero attached hydrogens (tertiary/aromatic N) is 1. The second kappa shape index (κ2) is 10.0. The molecule has 0 aliphatic carbocycles. The van der Waals surface area contributed by atoms with Gasteiger partial charge in [-0.05, 0) is 35.4 Å². The summed E-state index contributed by atoms with van der Waals surface area (Å²) in [6, 6.07) is 21.9. The fourth-order valence-corrected chi connectivity index (χ4v) is 3.07. The molecule has 1 atom stereocenters. The van der Waals surface area contributed by atoms with E-state index in [-0.39, 0.29) is 18.9 Å². The van der Waals surface area contributed by atoms with Crippen LogP contribution in [0.4, 0.5) is 5.69 Å². The third-order valence-electron chi connectivity index (χ3n) is 4.64. The Labute approximate surface area is 179 Å². The zero-order valence-electron chi connectivity index (χ0n) is 16.9. The molecule has 0 aromatic heterocycles. The summed E-state index contributed by atoms with van der Waals surface area (Å²) in [4.78, 5) is 36.5. The Bertz CT molecular complexity index is 1160. The van der Waals surface area contributed by atoms with Crippen LogP contribution in [-0.4, -0.2) is 30.4 Å². The molecule has 7 nitrogen and oxygen atoms in total. The Morgan fingerprint density at radius 3 is 2.52 bits per heavy atom. The van der Waals surface area contributed by atoms with Crippen molar-refractivity contribution in [3.05, 3.63) is 77.9 Å². The number of ether oxygens (including phenoxy) is 1. The average Bonchev–Trinajstić information content (AvgIpc) is 2.78. The third-order valence-corrected chi connectivity index (χ3v) is 4.64. The Balaban J connectivity index is 1.49. The lowest BCUT2D eigenvalue weighted by atomic mass is 10.0. The van der Waals surface area contributed by atoms with Crippen LogP contribution in [0.2, 0.25) is 0 Å². The normalized spacial score (nSPS) is 11.2. The monoisotopic (exact) mass is 415 g/mol. The average molecular weight is 415 g/mol. The Morgan fingerprint density at radius 2 is 1.71 bits per heavy atom. The summed E-state index contributed by atoms with van der Waals surface area (Å²) in [5, 5.41) is 16.2. The Kier molecular flexibility index (Phi) is 6.97. The molecule has 0 aliphatic heterocycles. The topological polar surface area (TPSA) is 108 Å². The van der Waals surface area contributed by atoms with Crippen molar-refractivity contribution in [1.82, 2.24) is 5.32 Å². The van der Waals surface area contributed by atoms with E-state index in [9.17, 15) is 14.4 Å². The maximum Gasteiger partial charge on any atom is 0.326 e. The Hall–Kier alpha value is -4.18. The number of hydrogen-bond donors (Lipinski definition) is 2. The molecule has 3 rings (SSSR count). The van der Waals surface area contributed by atoms with E-state index >= 15 is 0 Å². The molecule has 31 heavy (non-hydrogen) atoms. The molecule has 0 bridgehead atoms. The second-order valence-corrected chi connectivity index (χ2v) is 6.87. The van der Waals surface area contributed by atoms with E-state index in [2.05, 4.69) is 10.6 Å². The number of anilines is 1. The molecule has 0 saturated heterocycles. The van der Waals surface area contributed by atoms with E-state index in [1.165, 1.54) is 6.92 Å². The van der Waals surface area contributed by atoms with E-state index in [1.54, 1.807) is 24.3 Å². The van der Waals surface area contributed by atoms with Crippen molar-refractivity contribution in [1.29, 1.82) is 5.26 Å². The largest absolute Gasteiger partial charge is 0.451 e. The van der Waals surface area contributed by atoms with Gasteiger partial charge in [0.15, 0.2) is 6.10 Å². The first-order chi connectivity index (χ1) is 15.0. The molecule has 0 heterocycles. The smallest absolute Gasteiger partial charge is 0.326 e. The van der Waals surface area contributed by atoms with Crippen LogP contribution < -0.4 is 10.6 Å². The van der Waals surface area contributed by atoms with E-state index in [0.29, 0.717) is 11.3 Å². The quantitative estimate of drug-likeness (QED) is 0.577. The maximum absolute atomic E-state index is 12.3. The van der Waals surface area contributed by atoms with Gasteiger partial charge in [-0.3, -0.25) is 14.4 Å². The van der Waals surface area contributed by atoms with Crippen molar-refractivity contribution < 1.29 is 19.1 Å². The van der Waals surface area contributed by atoms with Crippen molar-refractivity contribution in [3.63, 3.8) is 0 Å². The predicted octanol–water partition coefficient (Wildman–Crippen LogP) is 2.94. The molecule has 0 fully saturated rings. The first-order valence-corrected chi connectivity index (χ1v) is 9.70. The number of carbonyl (C=O) groups is 3. The number of benzene rings is 3. The zero-order chi connectivity index (χ0) is 22.2. The highest BCUT2D eigenvalue weighted by Gasteiger charge is 2.19. The SMILES string of the molecule is C[C@H](OC(=O)CNC(=O)Cc1cccc2ccccc12)C(=O)Nc1ccccc1C#N. The van der Waals surface area contributed by atoms with Crippen molar-refractivity contribution in [2.75, 3.05) is 11.9 Å². The van der Waals surface area contributed by atoms with Crippen molar-refractivity contribution in [3.8, 4) is 6.07 Å². The van der Waals surface area contributed by atoms with E-state index in [4.69, 9.17) is 10.00 Å². The molecule has 156 valence electrons. The number of carbonyl (C=O) groups excluding carboxylic acids is 3. The first kappa shape index (κ1) is 21.5. The van der Waals surface area contributed by atoms with Crippen LogP contribution in [0, 0.1) is 11.3 Å². The van der Waals surface area contributed by atoms with Gasteiger partial charge in [-0.15, -0.1) is 0 Å². The molecule has 0 radical (unpaired) electrons. The van der Waals surface area contributed by atoms with Crippen molar-refractivity contribution in [2.45, 2.75) is 19.4 Å². The van der Waals surface area contributed by atoms with Crippen LogP contribution in [0.15, 0.2) is 66.7 Å². The number of nitriles is 1. The number of fused-ring (bicyclic) bond motifs is 1. The highest BCUT2D eigenvalue weighted by molar-refractivity contribution is 5.96. The zero-order valence-corrected chi connectivity index (χ0v) is 16.9. The van der Waals surface area contributed by atoms with E-state index in [1.807, 2.05) is 48.5 Å². The molecule has 0 spiro atoms. The molecule has 3 aromatic carbocycles. The number of para-hydroxylation sites is 1. The minimum Gasteiger partial charge on any atom is -0.451 e. The number of amides is 2. The molecular formula is C24H21N3O4. The van der Waals surface area contributed by atoms with Gasteiger partial charge in [0.1, 0.15) is 12.6 Å². The van der Waals surface area contributed by atoms with Crippen LogP contribution in [0.3, 0.4) is 0 Å². The summed E-state index contributed by atoms with van der Waals surface area (Å²) in [5.74, 6) is -1.63. The van der Waals surface area contributed by atoms with Crippen molar-refractivity contribution >= 4 is 34.2 Å². The van der Waals surface area contributed by atoms with Crippen molar-refractivity contribution in [2.24, 2.45) is 0 Å². The summed E-state index contributed by atoms with van der Waals surface area (Å²) in [7, 11) is 0. The summed E-state index contributed by atoms with van der Waals surface area (Å²) in [5.41, 5.74) is 1.49. The van der Waals surface area contributed by atoms with E-state index < -0.39 is 18.0 Å². The minimum absolute atomic E-state index is 0.121. The van der Waals surface area contributed by atoms with Gasteiger partial charge >= 0.3 is 5.97 Å². The number of rotatable bonds is 7. The third kappa shape index (κ3) is 5.67.